The lowest BCUT2D eigenvalue weighted by atomic mass is 9.82. The van der Waals surface area contributed by atoms with E-state index in [-0.39, 0.29) is 6.04 Å². The van der Waals surface area contributed by atoms with Crippen LogP contribution in [-0.2, 0) is 0 Å². The molecule has 1 fully saturated rings. The predicted octanol–water partition coefficient (Wildman–Crippen LogP) is 2.06. The van der Waals surface area contributed by atoms with Gasteiger partial charge in [0.15, 0.2) is 0 Å². The molecule has 3 nitrogen and oxygen atoms in total. The van der Waals surface area contributed by atoms with Crippen molar-refractivity contribution in [1.82, 2.24) is 10.2 Å². The van der Waals surface area contributed by atoms with Gasteiger partial charge in [-0.05, 0) is 30.4 Å². The summed E-state index contributed by atoms with van der Waals surface area (Å²) in [5.41, 5.74) is 7.33. The largest absolute Gasteiger partial charge is 0.324 e. The van der Waals surface area contributed by atoms with Gasteiger partial charge >= 0.3 is 0 Å². The first kappa shape index (κ1) is 9.59. The molecule has 1 aliphatic carbocycles. The minimum atomic E-state index is 0.158. The zero-order chi connectivity index (χ0) is 9.80. The quantitative estimate of drug-likeness (QED) is 0.778. The maximum absolute atomic E-state index is 6.20. The summed E-state index contributed by atoms with van der Waals surface area (Å²) in [6.45, 7) is 0. The third-order valence-corrected chi connectivity index (χ3v) is 3.15. The van der Waals surface area contributed by atoms with Crippen molar-refractivity contribution < 1.29 is 0 Å². The van der Waals surface area contributed by atoms with Crippen LogP contribution in [0.1, 0.15) is 43.7 Å². The molecule has 0 saturated heterocycles. The van der Waals surface area contributed by atoms with Gasteiger partial charge in [-0.1, -0.05) is 19.3 Å². The predicted molar refractivity (Wildman–Crippen MR) is 55.5 cm³/mol. The van der Waals surface area contributed by atoms with Crippen LogP contribution in [0.25, 0.3) is 0 Å². The number of nitrogens with zero attached hydrogens (tertiary/aromatic N) is 2. The van der Waals surface area contributed by atoms with Gasteiger partial charge in [-0.25, -0.2) is 0 Å². The zero-order valence-corrected chi connectivity index (χ0v) is 8.39. The van der Waals surface area contributed by atoms with E-state index in [1.165, 1.54) is 32.1 Å². The maximum atomic E-state index is 6.20. The van der Waals surface area contributed by atoms with E-state index in [1.807, 2.05) is 6.07 Å². The van der Waals surface area contributed by atoms with Crippen LogP contribution in [-0.4, -0.2) is 10.2 Å². The minimum Gasteiger partial charge on any atom is -0.324 e. The highest BCUT2D eigenvalue weighted by atomic mass is 15.1. The summed E-state index contributed by atoms with van der Waals surface area (Å²) in [6.07, 6.45) is 10.1. The standard InChI is InChI=1S/C11H17N3/c12-11(9-4-2-1-3-5-9)10-6-7-13-14-8-10/h6-9,11H,1-5,12H2. The van der Waals surface area contributed by atoms with Crippen LogP contribution < -0.4 is 5.73 Å². The molecule has 1 aromatic heterocycles. The van der Waals surface area contributed by atoms with Crippen LogP contribution in [0.4, 0.5) is 0 Å². The molecule has 1 aliphatic rings. The topological polar surface area (TPSA) is 51.8 Å². The number of aromatic nitrogens is 2. The molecule has 0 aliphatic heterocycles. The van der Waals surface area contributed by atoms with Gasteiger partial charge in [-0.2, -0.15) is 10.2 Å². The summed E-state index contributed by atoms with van der Waals surface area (Å²) in [5.74, 6) is 0.646. The fourth-order valence-electron chi connectivity index (χ4n) is 2.26. The molecular weight excluding hydrogens is 174 g/mol. The van der Waals surface area contributed by atoms with E-state index < -0.39 is 0 Å². The second kappa shape index (κ2) is 4.51. The molecule has 76 valence electrons. The average molecular weight is 191 g/mol. The molecule has 1 unspecified atom stereocenters. The molecular formula is C11H17N3. The van der Waals surface area contributed by atoms with Crippen LogP contribution in [0.15, 0.2) is 18.5 Å². The van der Waals surface area contributed by atoms with Crippen molar-refractivity contribution in [1.29, 1.82) is 0 Å². The van der Waals surface area contributed by atoms with Crippen LogP contribution in [0.5, 0.6) is 0 Å². The normalized spacial score (nSPS) is 20.6. The third-order valence-electron chi connectivity index (χ3n) is 3.15. The smallest absolute Gasteiger partial charge is 0.0544 e. The van der Waals surface area contributed by atoms with E-state index in [4.69, 9.17) is 5.73 Å². The van der Waals surface area contributed by atoms with Gasteiger partial charge in [-0.3, -0.25) is 0 Å². The van der Waals surface area contributed by atoms with Crippen LogP contribution in [0, 0.1) is 5.92 Å². The molecule has 14 heavy (non-hydrogen) atoms. The fraction of sp³-hybridized carbons (Fsp3) is 0.636. The van der Waals surface area contributed by atoms with Crippen LogP contribution in [0.2, 0.25) is 0 Å². The van der Waals surface area contributed by atoms with Gasteiger partial charge in [0.25, 0.3) is 0 Å². The highest BCUT2D eigenvalue weighted by Crippen LogP contribution is 2.32. The Kier molecular flexibility index (Phi) is 3.09. The summed E-state index contributed by atoms with van der Waals surface area (Å²) in [6, 6.07) is 2.14. The van der Waals surface area contributed by atoms with Crippen LogP contribution >= 0.6 is 0 Å². The second-order valence-electron chi connectivity index (χ2n) is 4.10. The molecule has 1 atom stereocenters. The van der Waals surface area contributed by atoms with Gasteiger partial charge in [0.2, 0.25) is 0 Å². The molecule has 2 N–H and O–H groups in total. The number of nitrogens with two attached hydrogens (primary N) is 1. The molecule has 3 heteroatoms. The third kappa shape index (κ3) is 2.10. The van der Waals surface area contributed by atoms with Crippen molar-refractivity contribution in [2.45, 2.75) is 38.1 Å². The zero-order valence-electron chi connectivity index (χ0n) is 8.39. The molecule has 1 heterocycles. The first-order valence-corrected chi connectivity index (χ1v) is 5.40. The summed E-state index contributed by atoms with van der Waals surface area (Å²) in [7, 11) is 0. The Labute approximate surface area is 84.7 Å². The number of hydrogen-bond donors (Lipinski definition) is 1. The molecule has 0 amide bonds. The SMILES string of the molecule is NC(c1ccnnc1)C1CCCCC1. The van der Waals surface area contributed by atoms with Gasteiger partial charge in [0.05, 0.1) is 6.20 Å². The van der Waals surface area contributed by atoms with Gasteiger partial charge < -0.3 is 5.73 Å². The van der Waals surface area contributed by atoms with E-state index in [9.17, 15) is 0 Å². The van der Waals surface area contributed by atoms with Gasteiger partial charge in [0.1, 0.15) is 0 Å². The fourth-order valence-corrected chi connectivity index (χ4v) is 2.26. The van der Waals surface area contributed by atoms with Crippen molar-refractivity contribution in [3.05, 3.63) is 24.0 Å². The monoisotopic (exact) mass is 191 g/mol. The molecule has 2 rings (SSSR count). The van der Waals surface area contributed by atoms with Crippen molar-refractivity contribution in [2.75, 3.05) is 0 Å². The molecule has 0 spiro atoms. The Morgan fingerprint density at radius 1 is 1.21 bits per heavy atom. The molecule has 1 aromatic rings. The number of rotatable bonds is 2. The Hall–Kier alpha value is -0.960. The first-order valence-electron chi connectivity index (χ1n) is 5.40. The van der Waals surface area contributed by atoms with Crippen molar-refractivity contribution in [3.63, 3.8) is 0 Å². The summed E-state index contributed by atoms with van der Waals surface area (Å²) < 4.78 is 0. The van der Waals surface area contributed by atoms with E-state index >= 15 is 0 Å². The highest BCUT2D eigenvalue weighted by Gasteiger charge is 2.21. The summed E-state index contributed by atoms with van der Waals surface area (Å²) in [5, 5.41) is 7.64. The van der Waals surface area contributed by atoms with E-state index in [1.54, 1.807) is 12.4 Å². The minimum absolute atomic E-state index is 0.158. The Bertz CT molecular complexity index is 267. The summed E-state index contributed by atoms with van der Waals surface area (Å²) >= 11 is 0. The van der Waals surface area contributed by atoms with Gasteiger partial charge in [0, 0.05) is 12.2 Å². The first-order chi connectivity index (χ1) is 6.88. The lowest BCUT2D eigenvalue weighted by Crippen LogP contribution is -2.23. The highest BCUT2D eigenvalue weighted by molar-refractivity contribution is 5.12. The maximum Gasteiger partial charge on any atom is 0.0544 e. The van der Waals surface area contributed by atoms with Crippen molar-refractivity contribution in [3.8, 4) is 0 Å². The van der Waals surface area contributed by atoms with E-state index in [0.717, 1.165) is 5.56 Å². The molecule has 0 radical (unpaired) electrons. The Morgan fingerprint density at radius 3 is 2.64 bits per heavy atom. The molecule has 0 aromatic carbocycles. The average Bonchev–Trinajstić information content (AvgIpc) is 2.30. The Morgan fingerprint density at radius 2 is 2.00 bits per heavy atom. The van der Waals surface area contributed by atoms with Crippen LogP contribution in [0.3, 0.4) is 0 Å². The van der Waals surface area contributed by atoms with Gasteiger partial charge in [-0.15, -0.1) is 0 Å². The lowest BCUT2D eigenvalue weighted by molar-refractivity contribution is 0.307. The van der Waals surface area contributed by atoms with Crippen molar-refractivity contribution in [2.24, 2.45) is 11.7 Å². The molecule has 1 saturated carbocycles. The van der Waals surface area contributed by atoms with Crippen molar-refractivity contribution >= 4 is 0 Å². The summed E-state index contributed by atoms with van der Waals surface area (Å²) in [4.78, 5) is 0. The second-order valence-corrected chi connectivity index (χ2v) is 4.10. The van der Waals surface area contributed by atoms with E-state index in [2.05, 4.69) is 10.2 Å². The number of hydrogen-bond acceptors (Lipinski definition) is 3. The Balaban J connectivity index is 2.03. The van der Waals surface area contributed by atoms with E-state index in [0.29, 0.717) is 5.92 Å². The lowest BCUT2D eigenvalue weighted by Gasteiger charge is -2.27. The molecule has 0 bridgehead atoms.